The number of halogens is 1. The molecule has 4 aromatic rings. The van der Waals surface area contributed by atoms with Gasteiger partial charge in [0.25, 0.3) is 0 Å². The maximum atomic E-state index is 13.3. The quantitative estimate of drug-likeness (QED) is 0.392. The average Bonchev–Trinajstić information content (AvgIpc) is 3.27. The summed E-state index contributed by atoms with van der Waals surface area (Å²) in [6, 6.07) is 20.5. The molecule has 0 radical (unpaired) electrons. The van der Waals surface area contributed by atoms with Gasteiger partial charge in [0.05, 0.1) is 11.1 Å². The second kappa shape index (κ2) is 6.47. The first-order valence-corrected chi connectivity index (χ1v) is 9.33. The van der Waals surface area contributed by atoms with E-state index in [1.807, 2.05) is 36.4 Å². The van der Waals surface area contributed by atoms with Crippen LogP contribution in [0.5, 0.6) is 5.75 Å². The molecule has 1 aromatic heterocycles. The molecule has 0 atom stereocenters. The fourth-order valence-corrected chi connectivity index (χ4v) is 3.88. The highest BCUT2D eigenvalue weighted by Gasteiger charge is 2.38. The molecule has 5 heteroatoms. The monoisotopic (exact) mass is 400 g/mol. The van der Waals surface area contributed by atoms with E-state index in [0.29, 0.717) is 38.6 Å². The lowest BCUT2D eigenvalue weighted by molar-refractivity contribution is 0.101. The molecule has 3 aromatic carbocycles. The van der Waals surface area contributed by atoms with Gasteiger partial charge < -0.3 is 9.52 Å². The second-order valence-corrected chi connectivity index (χ2v) is 7.18. The third-order valence-corrected chi connectivity index (χ3v) is 5.26. The topological polar surface area (TPSA) is 67.5 Å². The average molecular weight is 401 g/mol. The van der Waals surface area contributed by atoms with Crippen LogP contribution in [-0.4, -0.2) is 16.7 Å². The van der Waals surface area contributed by atoms with Gasteiger partial charge in [0.2, 0.25) is 5.78 Å². The van der Waals surface area contributed by atoms with E-state index in [-0.39, 0.29) is 22.9 Å². The number of phenolic OH excluding ortho intramolecular Hbond substituents is 1. The summed E-state index contributed by atoms with van der Waals surface area (Å²) in [6.45, 7) is 0. The Morgan fingerprint density at radius 1 is 0.862 bits per heavy atom. The highest BCUT2D eigenvalue weighted by molar-refractivity contribution is 6.31. The summed E-state index contributed by atoms with van der Waals surface area (Å²) in [4.78, 5) is 26.4. The standard InChI is InChI=1S/C24H13ClO4/c25-14-10-11-18(26)17(12-14)22(28)24-19(13-6-2-1-3-7-13)20-21(27)15-8-4-5-9-16(15)23(20)29-24/h1-12,26H. The fraction of sp³-hybridized carbons (Fsp3) is 0. The molecule has 1 aliphatic carbocycles. The zero-order valence-electron chi connectivity index (χ0n) is 15.0. The Balaban J connectivity index is 1.80. The molecular weight excluding hydrogens is 388 g/mol. The molecule has 1 heterocycles. The summed E-state index contributed by atoms with van der Waals surface area (Å²) in [5.74, 6) is -0.561. The van der Waals surface area contributed by atoms with Crippen LogP contribution in [0.3, 0.4) is 0 Å². The van der Waals surface area contributed by atoms with Crippen molar-refractivity contribution in [2.45, 2.75) is 0 Å². The predicted octanol–water partition coefficient (Wildman–Crippen LogP) is 5.75. The van der Waals surface area contributed by atoms with Gasteiger partial charge in [-0.3, -0.25) is 9.59 Å². The smallest absolute Gasteiger partial charge is 0.232 e. The van der Waals surface area contributed by atoms with Crippen LogP contribution in [-0.2, 0) is 0 Å². The molecule has 29 heavy (non-hydrogen) atoms. The van der Waals surface area contributed by atoms with Gasteiger partial charge in [0.1, 0.15) is 11.5 Å². The molecule has 5 rings (SSSR count). The molecule has 0 fully saturated rings. The van der Waals surface area contributed by atoms with Gasteiger partial charge in [-0.25, -0.2) is 0 Å². The van der Waals surface area contributed by atoms with Gasteiger partial charge >= 0.3 is 0 Å². The molecule has 0 unspecified atom stereocenters. The van der Waals surface area contributed by atoms with Crippen molar-refractivity contribution in [1.82, 2.24) is 0 Å². The van der Waals surface area contributed by atoms with Crippen molar-refractivity contribution in [2.24, 2.45) is 0 Å². The van der Waals surface area contributed by atoms with Crippen molar-refractivity contribution in [3.63, 3.8) is 0 Å². The van der Waals surface area contributed by atoms with E-state index < -0.39 is 5.78 Å². The highest BCUT2D eigenvalue weighted by Crippen LogP contribution is 2.46. The van der Waals surface area contributed by atoms with Gasteiger partial charge in [-0.1, -0.05) is 66.2 Å². The van der Waals surface area contributed by atoms with Crippen molar-refractivity contribution in [3.05, 3.63) is 100 Å². The van der Waals surface area contributed by atoms with E-state index in [9.17, 15) is 14.7 Å². The van der Waals surface area contributed by atoms with Crippen molar-refractivity contribution < 1.29 is 19.1 Å². The van der Waals surface area contributed by atoms with Crippen LogP contribution in [0.2, 0.25) is 5.02 Å². The summed E-state index contributed by atoms with van der Waals surface area (Å²) in [7, 11) is 0. The molecule has 0 spiro atoms. The Labute approximate surface area is 171 Å². The third kappa shape index (κ3) is 2.61. The van der Waals surface area contributed by atoms with Crippen LogP contribution < -0.4 is 0 Å². The lowest BCUT2D eigenvalue weighted by Crippen LogP contribution is -2.05. The predicted molar refractivity (Wildman–Crippen MR) is 110 cm³/mol. The minimum Gasteiger partial charge on any atom is -0.507 e. The van der Waals surface area contributed by atoms with Crippen LogP contribution in [0.4, 0.5) is 0 Å². The minimum absolute atomic E-state index is 0.00150. The molecular formula is C24H13ClO4. The number of hydrogen-bond donors (Lipinski definition) is 1. The highest BCUT2D eigenvalue weighted by atomic mass is 35.5. The number of furan rings is 1. The SMILES string of the molecule is O=C(c1cc(Cl)ccc1O)c1oc2c(c1-c1ccccc1)C(=O)c1ccccc1-2. The first-order valence-electron chi connectivity index (χ1n) is 8.96. The Morgan fingerprint density at radius 2 is 1.55 bits per heavy atom. The Kier molecular flexibility index (Phi) is 3.89. The summed E-state index contributed by atoms with van der Waals surface area (Å²) >= 11 is 6.02. The Bertz CT molecular complexity index is 1300. The second-order valence-electron chi connectivity index (χ2n) is 6.74. The van der Waals surface area contributed by atoms with E-state index in [1.54, 1.807) is 18.2 Å². The molecule has 0 aliphatic heterocycles. The lowest BCUT2D eigenvalue weighted by atomic mass is 9.95. The number of aromatic hydroxyl groups is 1. The molecule has 0 saturated carbocycles. The van der Waals surface area contributed by atoms with Gasteiger partial charge in [-0.2, -0.15) is 0 Å². The van der Waals surface area contributed by atoms with Gasteiger partial charge in [-0.15, -0.1) is 0 Å². The summed E-state index contributed by atoms with van der Waals surface area (Å²) in [6.07, 6.45) is 0. The number of carbonyl (C=O) groups is 2. The maximum Gasteiger partial charge on any atom is 0.232 e. The van der Waals surface area contributed by atoms with Crippen LogP contribution >= 0.6 is 11.6 Å². The molecule has 1 aliphatic rings. The van der Waals surface area contributed by atoms with Gasteiger partial charge in [0.15, 0.2) is 11.5 Å². The number of phenols is 1. The van der Waals surface area contributed by atoms with E-state index >= 15 is 0 Å². The molecule has 140 valence electrons. The Morgan fingerprint density at radius 3 is 2.31 bits per heavy atom. The number of ketones is 2. The first-order chi connectivity index (χ1) is 14.1. The van der Waals surface area contributed by atoms with Gasteiger partial charge in [-0.05, 0) is 23.8 Å². The van der Waals surface area contributed by atoms with E-state index in [4.69, 9.17) is 16.0 Å². The Hall–Kier alpha value is -3.63. The maximum absolute atomic E-state index is 13.3. The van der Waals surface area contributed by atoms with Crippen LogP contribution in [0.1, 0.15) is 32.0 Å². The van der Waals surface area contributed by atoms with E-state index in [0.717, 1.165) is 0 Å². The number of rotatable bonds is 3. The molecule has 0 amide bonds. The largest absolute Gasteiger partial charge is 0.507 e. The van der Waals surface area contributed by atoms with Gasteiger partial charge in [0, 0.05) is 21.7 Å². The molecule has 4 nitrogen and oxygen atoms in total. The number of benzene rings is 3. The summed E-state index contributed by atoms with van der Waals surface area (Å²) in [5.41, 5.74) is 2.68. The van der Waals surface area contributed by atoms with Crippen molar-refractivity contribution >= 4 is 23.2 Å². The van der Waals surface area contributed by atoms with Crippen molar-refractivity contribution in [3.8, 4) is 28.2 Å². The van der Waals surface area contributed by atoms with Crippen molar-refractivity contribution in [1.29, 1.82) is 0 Å². The number of carbonyl (C=O) groups excluding carboxylic acids is 2. The van der Waals surface area contributed by atoms with Crippen LogP contribution in [0.25, 0.3) is 22.5 Å². The molecule has 0 saturated heterocycles. The summed E-state index contributed by atoms with van der Waals surface area (Å²) in [5, 5.41) is 10.5. The van der Waals surface area contributed by atoms with Crippen LogP contribution in [0, 0.1) is 0 Å². The lowest BCUT2D eigenvalue weighted by Gasteiger charge is -2.07. The normalized spacial score (nSPS) is 12.0. The zero-order chi connectivity index (χ0) is 20.1. The number of fused-ring (bicyclic) bond motifs is 3. The number of hydrogen-bond acceptors (Lipinski definition) is 4. The zero-order valence-corrected chi connectivity index (χ0v) is 15.7. The third-order valence-electron chi connectivity index (χ3n) is 5.02. The van der Waals surface area contributed by atoms with Crippen LogP contribution in [0.15, 0.2) is 77.2 Å². The first kappa shape index (κ1) is 17.5. The minimum atomic E-state index is -0.538. The van der Waals surface area contributed by atoms with Crippen molar-refractivity contribution in [2.75, 3.05) is 0 Å². The summed E-state index contributed by atoms with van der Waals surface area (Å²) < 4.78 is 6.00. The van der Waals surface area contributed by atoms with E-state index in [1.165, 1.54) is 18.2 Å². The van der Waals surface area contributed by atoms with E-state index in [2.05, 4.69) is 0 Å². The molecule has 1 N–H and O–H groups in total. The fourth-order valence-electron chi connectivity index (χ4n) is 3.70. The molecule has 0 bridgehead atoms.